The topological polar surface area (TPSA) is 47.6 Å². The lowest BCUT2D eigenvalue weighted by atomic mass is 9.99. The Hall–Kier alpha value is -0.610. The van der Waals surface area contributed by atoms with Crippen molar-refractivity contribution in [2.45, 2.75) is 24.9 Å². The first-order valence-corrected chi connectivity index (χ1v) is 5.18. The van der Waals surface area contributed by atoms with Gasteiger partial charge in [0.05, 0.1) is 25.2 Å². The number of hydrogen-bond donors (Lipinski definition) is 1. The molecule has 0 aromatic rings. The zero-order valence-electron chi connectivity index (χ0n) is 8.54. The van der Waals surface area contributed by atoms with E-state index in [0.29, 0.717) is 0 Å². The highest BCUT2D eigenvalue weighted by Gasteiger charge is 2.44. The van der Waals surface area contributed by atoms with Crippen molar-refractivity contribution in [2.75, 3.05) is 26.8 Å². The van der Waals surface area contributed by atoms with E-state index >= 15 is 0 Å². The first kappa shape index (κ1) is 9.93. The van der Waals surface area contributed by atoms with Crippen LogP contribution >= 0.6 is 0 Å². The summed E-state index contributed by atoms with van der Waals surface area (Å²) in [4.78, 5) is 11.3. The van der Waals surface area contributed by atoms with E-state index in [0.717, 1.165) is 39.0 Å². The molecule has 1 heterocycles. The van der Waals surface area contributed by atoms with Crippen LogP contribution in [0.15, 0.2) is 0 Å². The fourth-order valence-corrected chi connectivity index (χ4v) is 2.46. The molecule has 1 aliphatic carbocycles. The van der Waals surface area contributed by atoms with Crippen molar-refractivity contribution in [3.8, 4) is 0 Å². The number of morpholine rings is 1. The quantitative estimate of drug-likeness (QED) is 0.618. The SMILES string of the molecule is COC(=O)[C@@H]1CC[C@@]2(CNCCO2)C1. The number of carbonyl (C=O) groups excluding carboxylic acids is 1. The number of methoxy groups -OCH3 is 1. The average molecular weight is 199 g/mol. The van der Waals surface area contributed by atoms with Gasteiger partial charge in [0, 0.05) is 13.1 Å². The van der Waals surface area contributed by atoms with Crippen molar-refractivity contribution in [1.29, 1.82) is 0 Å². The number of carbonyl (C=O) groups is 1. The molecule has 14 heavy (non-hydrogen) atoms. The molecule has 4 nitrogen and oxygen atoms in total. The third-order valence-corrected chi connectivity index (χ3v) is 3.24. The predicted molar refractivity (Wildman–Crippen MR) is 50.9 cm³/mol. The molecule has 0 aromatic carbocycles. The van der Waals surface area contributed by atoms with Crippen molar-refractivity contribution >= 4 is 5.97 Å². The summed E-state index contributed by atoms with van der Waals surface area (Å²) in [7, 11) is 1.45. The van der Waals surface area contributed by atoms with Crippen molar-refractivity contribution in [3.63, 3.8) is 0 Å². The summed E-state index contributed by atoms with van der Waals surface area (Å²) < 4.78 is 10.5. The maximum absolute atomic E-state index is 11.3. The van der Waals surface area contributed by atoms with Crippen LogP contribution in [-0.2, 0) is 14.3 Å². The van der Waals surface area contributed by atoms with Gasteiger partial charge in [0.15, 0.2) is 0 Å². The minimum Gasteiger partial charge on any atom is -0.469 e. The van der Waals surface area contributed by atoms with Crippen molar-refractivity contribution < 1.29 is 14.3 Å². The van der Waals surface area contributed by atoms with Gasteiger partial charge in [0.25, 0.3) is 0 Å². The van der Waals surface area contributed by atoms with Crippen molar-refractivity contribution in [3.05, 3.63) is 0 Å². The molecule has 2 atom stereocenters. The van der Waals surface area contributed by atoms with E-state index in [1.54, 1.807) is 0 Å². The molecule has 1 N–H and O–H groups in total. The van der Waals surface area contributed by atoms with Crippen LogP contribution in [0.2, 0.25) is 0 Å². The average Bonchev–Trinajstić information content (AvgIpc) is 2.62. The third kappa shape index (κ3) is 1.77. The van der Waals surface area contributed by atoms with Crippen LogP contribution in [0.1, 0.15) is 19.3 Å². The summed E-state index contributed by atoms with van der Waals surface area (Å²) in [5.41, 5.74) is -0.0862. The summed E-state index contributed by atoms with van der Waals surface area (Å²) in [5, 5.41) is 3.32. The second-order valence-electron chi connectivity index (χ2n) is 4.17. The normalized spacial score (nSPS) is 37.4. The lowest BCUT2D eigenvalue weighted by molar-refractivity contribution is -0.146. The Labute approximate surface area is 84.0 Å². The first-order valence-electron chi connectivity index (χ1n) is 5.18. The molecule has 0 bridgehead atoms. The van der Waals surface area contributed by atoms with E-state index in [4.69, 9.17) is 9.47 Å². The Morgan fingerprint density at radius 1 is 1.64 bits per heavy atom. The Kier molecular flexibility index (Phi) is 2.74. The Morgan fingerprint density at radius 2 is 2.50 bits per heavy atom. The molecule has 0 unspecified atom stereocenters. The number of esters is 1. The molecule has 1 aliphatic heterocycles. The van der Waals surface area contributed by atoms with Crippen LogP contribution in [0.5, 0.6) is 0 Å². The highest BCUT2D eigenvalue weighted by molar-refractivity contribution is 5.72. The molecule has 1 saturated heterocycles. The number of hydrogen-bond acceptors (Lipinski definition) is 4. The molecule has 1 saturated carbocycles. The van der Waals surface area contributed by atoms with Gasteiger partial charge in [0.1, 0.15) is 0 Å². The second kappa shape index (κ2) is 3.87. The highest BCUT2D eigenvalue weighted by atomic mass is 16.5. The van der Waals surface area contributed by atoms with E-state index in [-0.39, 0.29) is 17.5 Å². The van der Waals surface area contributed by atoms with E-state index < -0.39 is 0 Å². The molecule has 2 aliphatic rings. The van der Waals surface area contributed by atoms with Gasteiger partial charge in [-0.15, -0.1) is 0 Å². The lowest BCUT2D eigenvalue weighted by Gasteiger charge is -2.34. The molecule has 0 radical (unpaired) electrons. The van der Waals surface area contributed by atoms with Gasteiger partial charge in [-0.05, 0) is 19.3 Å². The fourth-order valence-electron chi connectivity index (χ4n) is 2.46. The molecule has 0 amide bonds. The van der Waals surface area contributed by atoms with E-state index in [2.05, 4.69) is 5.32 Å². The van der Waals surface area contributed by atoms with E-state index in [1.165, 1.54) is 7.11 Å². The molecular weight excluding hydrogens is 182 g/mol. The van der Waals surface area contributed by atoms with Crippen LogP contribution in [0.3, 0.4) is 0 Å². The lowest BCUT2D eigenvalue weighted by Crippen LogP contribution is -2.48. The second-order valence-corrected chi connectivity index (χ2v) is 4.17. The molecular formula is C10H17NO3. The Balaban J connectivity index is 1.95. The summed E-state index contributed by atoms with van der Waals surface area (Å²) in [6, 6.07) is 0. The number of ether oxygens (including phenoxy) is 2. The van der Waals surface area contributed by atoms with E-state index in [1.807, 2.05) is 0 Å². The van der Waals surface area contributed by atoms with Gasteiger partial charge in [-0.3, -0.25) is 4.79 Å². The first-order chi connectivity index (χ1) is 6.76. The zero-order chi connectivity index (χ0) is 10.0. The van der Waals surface area contributed by atoms with Gasteiger partial charge in [0.2, 0.25) is 0 Å². The maximum atomic E-state index is 11.3. The largest absolute Gasteiger partial charge is 0.469 e. The van der Waals surface area contributed by atoms with Crippen LogP contribution in [0.4, 0.5) is 0 Å². The van der Waals surface area contributed by atoms with Gasteiger partial charge in [-0.1, -0.05) is 0 Å². The molecule has 2 rings (SSSR count). The molecule has 1 spiro atoms. The van der Waals surface area contributed by atoms with Crippen LogP contribution in [0, 0.1) is 5.92 Å². The zero-order valence-corrected chi connectivity index (χ0v) is 8.54. The van der Waals surface area contributed by atoms with Crippen LogP contribution in [0.25, 0.3) is 0 Å². The van der Waals surface area contributed by atoms with Crippen molar-refractivity contribution in [2.24, 2.45) is 5.92 Å². The summed E-state index contributed by atoms with van der Waals surface area (Å²) in [6.45, 7) is 2.55. The monoisotopic (exact) mass is 199 g/mol. The van der Waals surface area contributed by atoms with Crippen LogP contribution < -0.4 is 5.32 Å². The minimum atomic E-state index is -0.0870. The number of rotatable bonds is 1. The van der Waals surface area contributed by atoms with Gasteiger partial charge in [-0.25, -0.2) is 0 Å². The van der Waals surface area contributed by atoms with Crippen LogP contribution in [-0.4, -0.2) is 38.4 Å². The minimum absolute atomic E-state index is 0.0416. The highest BCUT2D eigenvalue weighted by Crippen LogP contribution is 2.38. The molecule has 80 valence electrons. The Morgan fingerprint density at radius 3 is 3.14 bits per heavy atom. The summed E-state index contributed by atoms with van der Waals surface area (Å²) in [6.07, 6.45) is 2.68. The summed E-state index contributed by atoms with van der Waals surface area (Å²) in [5.74, 6) is -0.0454. The molecule has 2 fully saturated rings. The standard InChI is InChI=1S/C10H17NO3/c1-13-9(12)8-2-3-10(6-8)7-11-4-5-14-10/h8,11H,2-7H2,1H3/t8-,10+/m1/s1. The predicted octanol–water partition coefficient (Wildman–Crippen LogP) is 0.318. The van der Waals surface area contributed by atoms with Gasteiger partial charge >= 0.3 is 5.97 Å². The third-order valence-electron chi connectivity index (χ3n) is 3.24. The smallest absolute Gasteiger partial charge is 0.308 e. The molecule has 4 heteroatoms. The fraction of sp³-hybridized carbons (Fsp3) is 0.900. The van der Waals surface area contributed by atoms with Crippen molar-refractivity contribution in [1.82, 2.24) is 5.32 Å². The van der Waals surface area contributed by atoms with Gasteiger partial charge in [-0.2, -0.15) is 0 Å². The molecule has 0 aromatic heterocycles. The van der Waals surface area contributed by atoms with Gasteiger partial charge < -0.3 is 14.8 Å². The summed E-state index contributed by atoms with van der Waals surface area (Å²) >= 11 is 0. The Bertz CT molecular complexity index is 223. The maximum Gasteiger partial charge on any atom is 0.308 e. The number of nitrogens with one attached hydrogen (secondary N) is 1. The van der Waals surface area contributed by atoms with E-state index in [9.17, 15) is 4.79 Å².